The summed E-state index contributed by atoms with van der Waals surface area (Å²) >= 11 is 0. The molecule has 0 aromatic heterocycles. The Kier molecular flexibility index (Phi) is 5.31. The zero-order chi connectivity index (χ0) is 18.5. The van der Waals surface area contributed by atoms with Crippen LogP contribution in [0.2, 0.25) is 0 Å². The Bertz CT molecular complexity index is 847. The SMILES string of the molecule is O=C(CCc1ccccc1C(=O)O)Nc1cccc(N2CCCC2=O)c1. The average molecular weight is 352 g/mol. The Labute approximate surface area is 151 Å². The van der Waals surface area contributed by atoms with Gasteiger partial charge in [0.05, 0.1) is 5.56 Å². The molecule has 0 unspecified atom stereocenters. The minimum absolute atomic E-state index is 0.0961. The summed E-state index contributed by atoms with van der Waals surface area (Å²) in [6.45, 7) is 0.697. The van der Waals surface area contributed by atoms with Gasteiger partial charge in [0.2, 0.25) is 11.8 Å². The lowest BCUT2D eigenvalue weighted by Gasteiger charge is -2.16. The molecule has 2 N–H and O–H groups in total. The number of aromatic carboxylic acids is 1. The van der Waals surface area contributed by atoms with E-state index in [1.807, 2.05) is 6.07 Å². The molecular formula is C20H20N2O4. The number of hydrogen-bond acceptors (Lipinski definition) is 3. The highest BCUT2D eigenvalue weighted by molar-refractivity contribution is 5.97. The van der Waals surface area contributed by atoms with Crippen molar-refractivity contribution in [2.24, 2.45) is 0 Å². The number of carbonyl (C=O) groups excluding carboxylic acids is 2. The first-order valence-electron chi connectivity index (χ1n) is 8.56. The molecule has 0 atom stereocenters. The van der Waals surface area contributed by atoms with E-state index in [0.29, 0.717) is 30.6 Å². The quantitative estimate of drug-likeness (QED) is 0.836. The van der Waals surface area contributed by atoms with Crippen molar-refractivity contribution in [1.82, 2.24) is 0 Å². The Morgan fingerprint density at radius 2 is 1.92 bits per heavy atom. The van der Waals surface area contributed by atoms with Crippen molar-refractivity contribution in [3.63, 3.8) is 0 Å². The number of hydrogen-bond donors (Lipinski definition) is 2. The van der Waals surface area contributed by atoms with Gasteiger partial charge in [0, 0.05) is 30.8 Å². The van der Waals surface area contributed by atoms with E-state index in [1.165, 1.54) is 6.07 Å². The maximum atomic E-state index is 12.2. The number of amides is 2. The summed E-state index contributed by atoms with van der Waals surface area (Å²) in [6.07, 6.45) is 1.92. The van der Waals surface area contributed by atoms with Gasteiger partial charge in [-0.1, -0.05) is 24.3 Å². The largest absolute Gasteiger partial charge is 0.478 e. The number of benzene rings is 2. The predicted molar refractivity (Wildman–Crippen MR) is 98.4 cm³/mol. The lowest BCUT2D eigenvalue weighted by Crippen LogP contribution is -2.23. The van der Waals surface area contributed by atoms with Crippen molar-refractivity contribution in [2.45, 2.75) is 25.7 Å². The molecule has 0 bridgehead atoms. The van der Waals surface area contributed by atoms with Gasteiger partial charge in [-0.05, 0) is 42.7 Å². The van der Waals surface area contributed by atoms with Gasteiger partial charge in [-0.25, -0.2) is 4.79 Å². The number of anilines is 2. The zero-order valence-electron chi connectivity index (χ0n) is 14.3. The fourth-order valence-corrected chi connectivity index (χ4v) is 3.09. The third-order valence-electron chi connectivity index (χ3n) is 4.38. The standard InChI is InChI=1S/C20H20N2O4/c23-18(11-10-14-5-1-2-8-17(14)20(25)26)21-15-6-3-7-16(13-15)22-12-4-9-19(22)24/h1-3,5-8,13H,4,9-12H2,(H,21,23)(H,25,26). The van der Waals surface area contributed by atoms with Gasteiger partial charge in [-0.15, -0.1) is 0 Å². The molecule has 0 radical (unpaired) electrons. The van der Waals surface area contributed by atoms with Gasteiger partial charge in [-0.2, -0.15) is 0 Å². The van der Waals surface area contributed by atoms with E-state index in [9.17, 15) is 19.5 Å². The summed E-state index contributed by atoms with van der Waals surface area (Å²) in [5.41, 5.74) is 2.25. The summed E-state index contributed by atoms with van der Waals surface area (Å²) in [7, 11) is 0. The van der Waals surface area contributed by atoms with Crippen LogP contribution in [0.15, 0.2) is 48.5 Å². The molecule has 2 aromatic rings. The first-order chi connectivity index (χ1) is 12.5. The number of carboxylic acid groups (broad SMARTS) is 1. The Morgan fingerprint density at radius 1 is 1.12 bits per heavy atom. The van der Waals surface area contributed by atoms with Crippen LogP contribution in [0.3, 0.4) is 0 Å². The number of carboxylic acids is 1. The van der Waals surface area contributed by atoms with Crippen molar-refractivity contribution >= 4 is 29.2 Å². The summed E-state index contributed by atoms with van der Waals surface area (Å²) in [4.78, 5) is 37.0. The fraction of sp³-hybridized carbons (Fsp3) is 0.250. The number of aryl methyl sites for hydroxylation is 1. The van der Waals surface area contributed by atoms with Crippen LogP contribution in [-0.2, 0) is 16.0 Å². The summed E-state index contributed by atoms with van der Waals surface area (Å²) in [5, 5.41) is 12.0. The van der Waals surface area contributed by atoms with E-state index in [2.05, 4.69) is 5.32 Å². The third kappa shape index (κ3) is 4.08. The van der Waals surface area contributed by atoms with E-state index in [4.69, 9.17) is 0 Å². The number of carbonyl (C=O) groups is 3. The van der Waals surface area contributed by atoms with Crippen LogP contribution in [0, 0.1) is 0 Å². The lowest BCUT2D eigenvalue weighted by atomic mass is 10.0. The monoisotopic (exact) mass is 352 g/mol. The molecule has 0 spiro atoms. The second kappa shape index (κ2) is 7.82. The molecule has 0 saturated carbocycles. The number of nitrogens with zero attached hydrogens (tertiary/aromatic N) is 1. The first kappa shape index (κ1) is 17.7. The number of nitrogens with one attached hydrogen (secondary N) is 1. The van der Waals surface area contributed by atoms with Crippen LogP contribution >= 0.6 is 0 Å². The molecule has 26 heavy (non-hydrogen) atoms. The maximum absolute atomic E-state index is 12.2. The topological polar surface area (TPSA) is 86.7 Å². The molecule has 1 aliphatic rings. The lowest BCUT2D eigenvalue weighted by molar-refractivity contribution is -0.117. The van der Waals surface area contributed by atoms with Gasteiger partial charge in [-0.3, -0.25) is 9.59 Å². The molecule has 134 valence electrons. The smallest absolute Gasteiger partial charge is 0.335 e. The van der Waals surface area contributed by atoms with E-state index >= 15 is 0 Å². The molecule has 2 amide bonds. The maximum Gasteiger partial charge on any atom is 0.335 e. The molecule has 2 aromatic carbocycles. The van der Waals surface area contributed by atoms with Crippen LogP contribution in [0.1, 0.15) is 35.2 Å². The normalized spacial score (nSPS) is 13.7. The highest BCUT2D eigenvalue weighted by Gasteiger charge is 2.21. The van der Waals surface area contributed by atoms with E-state index in [1.54, 1.807) is 41.3 Å². The van der Waals surface area contributed by atoms with Gasteiger partial charge in [0.15, 0.2) is 0 Å². The summed E-state index contributed by atoms with van der Waals surface area (Å²) in [5.74, 6) is -1.10. The van der Waals surface area contributed by atoms with Crippen molar-refractivity contribution in [2.75, 3.05) is 16.8 Å². The molecule has 6 nitrogen and oxygen atoms in total. The molecule has 1 fully saturated rings. The van der Waals surface area contributed by atoms with Crippen LogP contribution in [0.4, 0.5) is 11.4 Å². The molecule has 6 heteroatoms. The number of rotatable bonds is 6. The van der Waals surface area contributed by atoms with E-state index in [-0.39, 0.29) is 23.8 Å². The summed E-state index contributed by atoms with van der Waals surface area (Å²) < 4.78 is 0. The zero-order valence-corrected chi connectivity index (χ0v) is 14.3. The average Bonchev–Trinajstić information content (AvgIpc) is 3.06. The van der Waals surface area contributed by atoms with Crippen LogP contribution in [0.25, 0.3) is 0 Å². The van der Waals surface area contributed by atoms with Crippen LogP contribution in [0.5, 0.6) is 0 Å². The Morgan fingerprint density at radius 3 is 2.65 bits per heavy atom. The second-order valence-electron chi connectivity index (χ2n) is 6.21. The predicted octanol–water partition coefficient (Wildman–Crippen LogP) is 3.08. The van der Waals surface area contributed by atoms with Crippen LogP contribution in [-0.4, -0.2) is 29.4 Å². The molecule has 1 saturated heterocycles. The summed E-state index contributed by atoms with van der Waals surface area (Å²) in [6, 6.07) is 13.9. The van der Waals surface area contributed by atoms with Crippen molar-refractivity contribution in [1.29, 1.82) is 0 Å². The minimum Gasteiger partial charge on any atom is -0.478 e. The van der Waals surface area contributed by atoms with Gasteiger partial charge in [0.25, 0.3) is 0 Å². The highest BCUT2D eigenvalue weighted by Crippen LogP contribution is 2.24. The van der Waals surface area contributed by atoms with E-state index in [0.717, 1.165) is 12.1 Å². The first-order valence-corrected chi connectivity index (χ1v) is 8.56. The molecule has 1 aliphatic heterocycles. The van der Waals surface area contributed by atoms with Gasteiger partial charge in [0.1, 0.15) is 0 Å². The molecule has 1 heterocycles. The van der Waals surface area contributed by atoms with Crippen molar-refractivity contribution in [3.8, 4) is 0 Å². The van der Waals surface area contributed by atoms with Crippen LogP contribution < -0.4 is 10.2 Å². The van der Waals surface area contributed by atoms with Crippen molar-refractivity contribution in [3.05, 3.63) is 59.7 Å². The Balaban J connectivity index is 1.62. The van der Waals surface area contributed by atoms with Crippen molar-refractivity contribution < 1.29 is 19.5 Å². The molecular weight excluding hydrogens is 332 g/mol. The van der Waals surface area contributed by atoms with E-state index < -0.39 is 5.97 Å². The minimum atomic E-state index is -0.996. The highest BCUT2D eigenvalue weighted by atomic mass is 16.4. The molecule has 0 aliphatic carbocycles. The third-order valence-corrected chi connectivity index (χ3v) is 4.38. The van der Waals surface area contributed by atoms with Gasteiger partial charge < -0.3 is 15.3 Å². The van der Waals surface area contributed by atoms with Gasteiger partial charge >= 0.3 is 5.97 Å². The molecule has 3 rings (SSSR count). The second-order valence-corrected chi connectivity index (χ2v) is 6.21. The fourth-order valence-electron chi connectivity index (χ4n) is 3.09. The Hall–Kier alpha value is -3.15.